The van der Waals surface area contributed by atoms with E-state index in [0.29, 0.717) is 18.4 Å². The number of primary amides is 1. The van der Waals surface area contributed by atoms with Crippen LogP contribution in [0.2, 0.25) is 0 Å². The zero-order valence-electron chi connectivity index (χ0n) is 18.5. The summed E-state index contributed by atoms with van der Waals surface area (Å²) in [6, 6.07) is 6.27. The van der Waals surface area contributed by atoms with E-state index in [1.54, 1.807) is 11.3 Å². The first-order chi connectivity index (χ1) is 15.9. The molecule has 1 amide bonds. The van der Waals surface area contributed by atoms with Crippen LogP contribution < -0.4 is 5.73 Å². The van der Waals surface area contributed by atoms with Gasteiger partial charge in [0.05, 0.1) is 21.6 Å². The van der Waals surface area contributed by atoms with Gasteiger partial charge in [0.2, 0.25) is 0 Å². The number of rotatable bonds is 5. The molecule has 33 heavy (non-hydrogen) atoms. The lowest BCUT2D eigenvalue weighted by Gasteiger charge is -2.27. The molecular formula is C25H29N3O3S2. The molecule has 6 rings (SSSR count). The predicted molar refractivity (Wildman–Crippen MR) is 132 cm³/mol. The molecule has 3 fully saturated rings. The number of amides is 1. The van der Waals surface area contributed by atoms with Crippen LogP contribution in [0.5, 0.6) is 0 Å². The Kier molecular flexibility index (Phi) is 5.16. The highest BCUT2D eigenvalue weighted by molar-refractivity contribution is 7.93. The van der Waals surface area contributed by atoms with Crippen LogP contribution >= 0.6 is 11.3 Å². The third-order valence-corrected chi connectivity index (χ3v) is 11.6. The SMILES string of the molecule is NC(=O)c1cc(-c2csc(CN3CCCC3)c2)cc2c([C@H]3C[C@H]4CC[C@@H](C3)S4(=O)=O)c[nH]c12. The standard InChI is InChI=1S/C25H29N3O3S2/c26-25(29)22-11-15(17-7-18(32-14-17)13-28-5-1-2-6-28)10-21-23(12-27-24(21)22)16-8-19-3-4-20(9-16)33(19,30)31/h7,10-12,14,16,19-20,27H,1-6,8-9,13H2,(H2,26,29)/t16-,19+,20-. The van der Waals surface area contributed by atoms with Crippen molar-refractivity contribution in [3.05, 3.63) is 45.8 Å². The third kappa shape index (κ3) is 3.63. The average molecular weight is 484 g/mol. The van der Waals surface area contributed by atoms with E-state index >= 15 is 0 Å². The molecule has 3 atom stereocenters. The molecule has 0 spiro atoms. The summed E-state index contributed by atoms with van der Waals surface area (Å²) in [5.74, 6) is -0.266. The number of nitrogens with zero attached hydrogens (tertiary/aromatic N) is 1. The van der Waals surface area contributed by atoms with E-state index in [4.69, 9.17) is 5.73 Å². The van der Waals surface area contributed by atoms with Gasteiger partial charge in [-0.25, -0.2) is 8.42 Å². The predicted octanol–water partition coefficient (Wildman–Crippen LogP) is 4.41. The number of carbonyl (C=O) groups is 1. The highest BCUT2D eigenvalue weighted by atomic mass is 32.2. The summed E-state index contributed by atoms with van der Waals surface area (Å²) < 4.78 is 25.2. The molecule has 3 aliphatic rings. The quantitative estimate of drug-likeness (QED) is 0.562. The maximum Gasteiger partial charge on any atom is 0.250 e. The first kappa shape index (κ1) is 21.4. The number of aromatic amines is 1. The minimum Gasteiger partial charge on any atom is -0.366 e. The molecule has 0 unspecified atom stereocenters. The first-order valence-corrected chi connectivity index (χ1v) is 14.4. The third-order valence-electron chi connectivity index (χ3n) is 7.93. The summed E-state index contributed by atoms with van der Waals surface area (Å²) in [5.41, 5.74) is 10.2. The molecule has 3 N–H and O–H groups in total. The fraction of sp³-hybridized carbons (Fsp3) is 0.480. The summed E-state index contributed by atoms with van der Waals surface area (Å²) in [7, 11) is -2.97. The van der Waals surface area contributed by atoms with Crippen molar-refractivity contribution >= 4 is 38.0 Å². The van der Waals surface area contributed by atoms with Gasteiger partial charge in [0.1, 0.15) is 0 Å². The van der Waals surface area contributed by atoms with E-state index in [2.05, 4.69) is 27.4 Å². The fourth-order valence-corrected chi connectivity index (χ4v) is 9.60. The van der Waals surface area contributed by atoms with Crippen LogP contribution in [0.1, 0.15) is 65.2 Å². The van der Waals surface area contributed by atoms with Crippen molar-refractivity contribution in [2.45, 2.75) is 61.5 Å². The van der Waals surface area contributed by atoms with Gasteiger partial charge >= 0.3 is 0 Å². The van der Waals surface area contributed by atoms with Crippen LogP contribution in [0.25, 0.3) is 22.0 Å². The number of nitrogens with one attached hydrogen (secondary N) is 1. The Balaban J connectivity index is 1.38. The van der Waals surface area contributed by atoms with Crippen LogP contribution in [0.3, 0.4) is 0 Å². The second-order valence-corrected chi connectivity index (χ2v) is 13.4. The number of sulfone groups is 1. The number of hydrogen-bond donors (Lipinski definition) is 2. The smallest absolute Gasteiger partial charge is 0.250 e. The van der Waals surface area contributed by atoms with E-state index in [9.17, 15) is 13.2 Å². The zero-order valence-corrected chi connectivity index (χ0v) is 20.2. The number of H-pyrrole nitrogens is 1. The van der Waals surface area contributed by atoms with Crippen molar-refractivity contribution < 1.29 is 13.2 Å². The van der Waals surface area contributed by atoms with Gasteiger partial charge in [-0.05, 0) is 97.8 Å². The lowest BCUT2D eigenvalue weighted by Crippen LogP contribution is -2.31. The van der Waals surface area contributed by atoms with Gasteiger partial charge in [-0.15, -0.1) is 11.3 Å². The molecule has 2 bridgehead atoms. The molecule has 3 aliphatic heterocycles. The molecule has 3 aromatic rings. The van der Waals surface area contributed by atoms with Gasteiger partial charge < -0.3 is 10.7 Å². The monoisotopic (exact) mass is 483 g/mol. The first-order valence-electron chi connectivity index (χ1n) is 11.9. The minimum atomic E-state index is -2.97. The lowest BCUT2D eigenvalue weighted by atomic mass is 9.89. The van der Waals surface area contributed by atoms with E-state index in [1.807, 2.05) is 12.3 Å². The Bertz CT molecular complexity index is 1310. The molecule has 3 saturated heterocycles. The maximum absolute atomic E-state index is 12.6. The van der Waals surface area contributed by atoms with Crippen LogP contribution in [0, 0.1) is 0 Å². The van der Waals surface area contributed by atoms with Gasteiger partial charge in [0.15, 0.2) is 9.84 Å². The highest BCUT2D eigenvalue weighted by Gasteiger charge is 2.47. The van der Waals surface area contributed by atoms with E-state index in [1.165, 1.54) is 17.7 Å². The van der Waals surface area contributed by atoms with Crippen LogP contribution in [-0.4, -0.2) is 47.8 Å². The number of fused-ring (bicyclic) bond motifs is 3. The van der Waals surface area contributed by atoms with Crippen molar-refractivity contribution in [1.82, 2.24) is 9.88 Å². The summed E-state index contributed by atoms with van der Waals surface area (Å²) in [4.78, 5) is 19.4. The Morgan fingerprint density at radius 3 is 2.52 bits per heavy atom. The van der Waals surface area contributed by atoms with Crippen LogP contribution in [-0.2, 0) is 16.4 Å². The number of nitrogens with two attached hydrogens (primary N) is 1. The summed E-state index contributed by atoms with van der Waals surface area (Å²) in [6.45, 7) is 3.30. The molecule has 6 nitrogen and oxygen atoms in total. The average Bonchev–Trinajstić information content (AvgIpc) is 3.55. The number of carbonyl (C=O) groups excluding carboxylic acids is 1. The van der Waals surface area contributed by atoms with Crippen LogP contribution in [0.15, 0.2) is 29.8 Å². The summed E-state index contributed by atoms with van der Waals surface area (Å²) in [6.07, 6.45) is 7.40. The number of benzene rings is 1. The molecule has 0 radical (unpaired) electrons. The van der Waals surface area contributed by atoms with E-state index in [-0.39, 0.29) is 16.4 Å². The Labute approximate surface area is 198 Å². The molecule has 2 aromatic heterocycles. The Morgan fingerprint density at radius 2 is 1.82 bits per heavy atom. The maximum atomic E-state index is 12.6. The van der Waals surface area contributed by atoms with Crippen molar-refractivity contribution in [1.29, 1.82) is 0 Å². The normalized spacial score (nSPS) is 26.8. The number of likely N-dealkylation sites (tertiary alicyclic amines) is 1. The Hall–Kier alpha value is -2.16. The second-order valence-electron chi connectivity index (χ2n) is 9.92. The fourth-order valence-electron chi connectivity index (χ4n) is 6.19. The second kappa shape index (κ2) is 7.96. The van der Waals surface area contributed by atoms with Gasteiger partial charge in [-0.2, -0.15) is 0 Å². The lowest BCUT2D eigenvalue weighted by molar-refractivity contribution is 0.100. The van der Waals surface area contributed by atoms with Crippen LogP contribution in [0.4, 0.5) is 0 Å². The van der Waals surface area contributed by atoms with Crippen molar-refractivity contribution in [2.75, 3.05) is 13.1 Å². The molecule has 174 valence electrons. The molecule has 8 heteroatoms. The Morgan fingerprint density at radius 1 is 1.09 bits per heavy atom. The van der Waals surface area contributed by atoms with Crippen molar-refractivity contribution in [3.63, 3.8) is 0 Å². The largest absolute Gasteiger partial charge is 0.366 e. The van der Waals surface area contributed by atoms with Crippen molar-refractivity contribution in [2.24, 2.45) is 5.73 Å². The molecular weight excluding hydrogens is 454 g/mol. The molecule has 0 saturated carbocycles. The molecule has 1 aromatic carbocycles. The number of aromatic nitrogens is 1. The van der Waals surface area contributed by atoms with E-state index < -0.39 is 15.7 Å². The molecule has 0 aliphatic carbocycles. The van der Waals surface area contributed by atoms with E-state index in [0.717, 1.165) is 60.1 Å². The van der Waals surface area contributed by atoms with Gasteiger partial charge in [-0.3, -0.25) is 9.69 Å². The summed E-state index contributed by atoms with van der Waals surface area (Å²) >= 11 is 1.76. The van der Waals surface area contributed by atoms with Crippen molar-refractivity contribution in [3.8, 4) is 11.1 Å². The number of thiophene rings is 1. The zero-order chi connectivity index (χ0) is 22.7. The highest BCUT2D eigenvalue weighted by Crippen LogP contribution is 2.47. The van der Waals surface area contributed by atoms with Gasteiger partial charge in [0.25, 0.3) is 5.91 Å². The summed E-state index contributed by atoms with van der Waals surface area (Å²) in [5, 5.41) is 2.71. The van der Waals surface area contributed by atoms with Gasteiger partial charge in [-0.1, -0.05) is 0 Å². The van der Waals surface area contributed by atoms with Gasteiger partial charge in [0, 0.05) is 23.0 Å². The minimum absolute atomic E-state index is 0.184. The topological polar surface area (TPSA) is 96.3 Å². The molecule has 5 heterocycles. The number of hydrogen-bond acceptors (Lipinski definition) is 5.